The SMILES string of the molecule is CN1CCN(c2ccc(NC(=O)c3cccnc3N3CCOCC3)cc2)CC1. The van der Waals surface area contributed by atoms with Gasteiger partial charge in [0.05, 0.1) is 18.8 Å². The summed E-state index contributed by atoms with van der Waals surface area (Å²) in [6.07, 6.45) is 1.73. The van der Waals surface area contributed by atoms with Gasteiger partial charge in [0.2, 0.25) is 0 Å². The lowest BCUT2D eigenvalue weighted by atomic mass is 10.2. The molecule has 1 N–H and O–H groups in total. The molecule has 0 radical (unpaired) electrons. The third-order valence-electron chi connectivity index (χ3n) is 5.34. The molecule has 2 saturated heterocycles. The lowest BCUT2D eigenvalue weighted by Crippen LogP contribution is -2.44. The van der Waals surface area contributed by atoms with E-state index >= 15 is 0 Å². The van der Waals surface area contributed by atoms with E-state index in [2.05, 4.69) is 44.2 Å². The molecular formula is C21H27N5O2. The quantitative estimate of drug-likeness (QED) is 0.873. The van der Waals surface area contributed by atoms with Crippen LogP contribution in [0.4, 0.5) is 17.2 Å². The van der Waals surface area contributed by atoms with Gasteiger partial charge in [-0.05, 0) is 43.4 Å². The number of rotatable bonds is 4. The molecule has 28 heavy (non-hydrogen) atoms. The predicted molar refractivity (Wildman–Crippen MR) is 111 cm³/mol. The van der Waals surface area contributed by atoms with Crippen molar-refractivity contribution in [3.05, 3.63) is 48.2 Å². The van der Waals surface area contributed by atoms with Crippen LogP contribution in [0.15, 0.2) is 42.6 Å². The predicted octanol–water partition coefficient (Wildman–Crippen LogP) is 1.92. The van der Waals surface area contributed by atoms with Gasteiger partial charge in [0, 0.05) is 56.8 Å². The number of hydrogen-bond acceptors (Lipinski definition) is 6. The summed E-state index contributed by atoms with van der Waals surface area (Å²) in [7, 11) is 2.15. The molecule has 0 aliphatic carbocycles. The third-order valence-corrected chi connectivity index (χ3v) is 5.34. The van der Waals surface area contributed by atoms with Crippen LogP contribution in [0.1, 0.15) is 10.4 Å². The molecule has 0 atom stereocenters. The first-order valence-corrected chi connectivity index (χ1v) is 9.83. The number of hydrogen-bond donors (Lipinski definition) is 1. The molecule has 1 amide bonds. The number of benzene rings is 1. The van der Waals surface area contributed by atoms with E-state index in [-0.39, 0.29) is 5.91 Å². The molecule has 0 bridgehead atoms. The van der Waals surface area contributed by atoms with E-state index in [0.717, 1.165) is 50.8 Å². The maximum absolute atomic E-state index is 12.9. The number of morpholine rings is 1. The molecule has 2 aliphatic heterocycles. The second kappa shape index (κ2) is 8.58. The molecule has 3 heterocycles. The van der Waals surface area contributed by atoms with Crippen LogP contribution in [-0.4, -0.2) is 75.3 Å². The summed E-state index contributed by atoms with van der Waals surface area (Å²) in [6.45, 7) is 7.01. The average molecular weight is 381 g/mol. The number of carbonyl (C=O) groups excluding carboxylic acids is 1. The molecule has 2 aromatic rings. The Hall–Kier alpha value is -2.64. The minimum absolute atomic E-state index is 0.137. The zero-order chi connectivity index (χ0) is 19.3. The van der Waals surface area contributed by atoms with Gasteiger partial charge in [-0.2, -0.15) is 0 Å². The van der Waals surface area contributed by atoms with Gasteiger partial charge in [0.25, 0.3) is 5.91 Å². The lowest BCUT2D eigenvalue weighted by molar-refractivity contribution is 0.102. The Morgan fingerprint density at radius 1 is 0.964 bits per heavy atom. The molecule has 0 saturated carbocycles. The molecule has 0 spiro atoms. The summed E-state index contributed by atoms with van der Waals surface area (Å²) in [5.74, 6) is 0.583. The minimum atomic E-state index is -0.137. The Balaban J connectivity index is 1.44. The van der Waals surface area contributed by atoms with E-state index in [1.807, 2.05) is 18.2 Å². The number of carbonyl (C=O) groups is 1. The molecule has 1 aromatic heterocycles. The van der Waals surface area contributed by atoms with E-state index in [1.165, 1.54) is 5.69 Å². The van der Waals surface area contributed by atoms with Gasteiger partial charge in [-0.15, -0.1) is 0 Å². The van der Waals surface area contributed by atoms with Crippen molar-refractivity contribution in [1.29, 1.82) is 0 Å². The zero-order valence-corrected chi connectivity index (χ0v) is 16.3. The maximum atomic E-state index is 12.9. The molecule has 7 heteroatoms. The maximum Gasteiger partial charge on any atom is 0.259 e. The van der Waals surface area contributed by atoms with Crippen LogP contribution in [-0.2, 0) is 4.74 Å². The summed E-state index contributed by atoms with van der Waals surface area (Å²) >= 11 is 0. The van der Waals surface area contributed by atoms with Crippen molar-refractivity contribution >= 4 is 23.1 Å². The van der Waals surface area contributed by atoms with Crippen LogP contribution >= 0.6 is 0 Å². The van der Waals surface area contributed by atoms with E-state index in [0.29, 0.717) is 18.8 Å². The standard InChI is InChI=1S/C21H27N5O2/c1-24-9-11-25(12-10-24)18-6-4-17(5-7-18)23-21(27)19-3-2-8-22-20(19)26-13-15-28-16-14-26/h2-8H,9-16H2,1H3,(H,23,27). The second-order valence-electron chi connectivity index (χ2n) is 7.27. The summed E-state index contributed by atoms with van der Waals surface area (Å²) in [6, 6.07) is 11.7. The van der Waals surface area contributed by atoms with Gasteiger partial charge >= 0.3 is 0 Å². The van der Waals surface area contributed by atoms with Crippen LogP contribution in [0.2, 0.25) is 0 Å². The van der Waals surface area contributed by atoms with Crippen LogP contribution in [0, 0.1) is 0 Å². The third kappa shape index (κ3) is 4.26. The number of piperazine rings is 1. The molecule has 1 aromatic carbocycles. The Kier molecular flexibility index (Phi) is 5.73. The van der Waals surface area contributed by atoms with Crippen LogP contribution in [0.3, 0.4) is 0 Å². The smallest absolute Gasteiger partial charge is 0.259 e. The van der Waals surface area contributed by atoms with Crippen molar-refractivity contribution in [1.82, 2.24) is 9.88 Å². The fourth-order valence-electron chi connectivity index (χ4n) is 3.62. The van der Waals surface area contributed by atoms with Crippen molar-refractivity contribution < 1.29 is 9.53 Å². The Morgan fingerprint density at radius 3 is 2.39 bits per heavy atom. The van der Waals surface area contributed by atoms with Crippen LogP contribution < -0.4 is 15.1 Å². The molecule has 7 nitrogen and oxygen atoms in total. The highest BCUT2D eigenvalue weighted by Crippen LogP contribution is 2.22. The first kappa shape index (κ1) is 18.7. The first-order valence-electron chi connectivity index (χ1n) is 9.83. The Bertz CT molecular complexity index is 797. The van der Waals surface area contributed by atoms with Gasteiger partial charge in [-0.1, -0.05) is 0 Å². The number of nitrogens with zero attached hydrogens (tertiary/aromatic N) is 4. The summed E-state index contributed by atoms with van der Waals surface area (Å²) in [5.41, 5.74) is 2.58. The van der Waals surface area contributed by atoms with Gasteiger partial charge in [-0.3, -0.25) is 4.79 Å². The number of ether oxygens (including phenoxy) is 1. The highest BCUT2D eigenvalue weighted by Gasteiger charge is 2.20. The number of aromatic nitrogens is 1. The molecule has 2 aliphatic rings. The highest BCUT2D eigenvalue weighted by molar-refractivity contribution is 6.07. The van der Waals surface area contributed by atoms with Gasteiger partial charge in [0.15, 0.2) is 0 Å². The van der Waals surface area contributed by atoms with Crippen LogP contribution in [0.25, 0.3) is 0 Å². The highest BCUT2D eigenvalue weighted by atomic mass is 16.5. The second-order valence-corrected chi connectivity index (χ2v) is 7.27. The normalized spacial score (nSPS) is 18.2. The molecule has 4 rings (SSSR count). The van der Waals surface area contributed by atoms with Crippen molar-refractivity contribution in [3.63, 3.8) is 0 Å². The monoisotopic (exact) mass is 381 g/mol. The van der Waals surface area contributed by atoms with Gasteiger partial charge in [0.1, 0.15) is 5.82 Å². The molecule has 148 valence electrons. The zero-order valence-electron chi connectivity index (χ0n) is 16.3. The van der Waals surface area contributed by atoms with E-state index in [9.17, 15) is 4.79 Å². The fourth-order valence-corrected chi connectivity index (χ4v) is 3.62. The van der Waals surface area contributed by atoms with Gasteiger partial charge < -0.3 is 24.8 Å². The van der Waals surface area contributed by atoms with Crippen LogP contribution in [0.5, 0.6) is 0 Å². The summed E-state index contributed by atoms with van der Waals surface area (Å²) in [4.78, 5) is 24.1. The number of likely N-dealkylation sites (N-methyl/N-ethyl adjacent to an activating group) is 1. The van der Waals surface area contributed by atoms with E-state index in [4.69, 9.17) is 4.74 Å². The number of anilines is 3. The van der Waals surface area contributed by atoms with Crippen molar-refractivity contribution in [2.24, 2.45) is 0 Å². The van der Waals surface area contributed by atoms with Gasteiger partial charge in [-0.25, -0.2) is 4.98 Å². The van der Waals surface area contributed by atoms with Crippen molar-refractivity contribution in [2.75, 3.05) is 74.6 Å². The summed E-state index contributed by atoms with van der Waals surface area (Å²) < 4.78 is 5.41. The Labute approximate surface area is 165 Å². The van der Waals surface area contributed by atoms with Crippen molar-refractivity contribution in [2.45, 2.75) is 0 Å². The number of pyridine rings is 1. The molecule has 0 unspecified atom stereocenters. The fraction of sp³-hybridized carbons (Fsp3) is 0.429. The molecular weight excluding hydrogens is 354 g/mol. The lowest BCUT2D eigenvalue weighted by Gasteiger charge is -2.34. The first-order chi connectivity index (χ1) is 13.7. The molecule has 2 fully saturated rings. The number of nitrogens with one attached hydrogen (secondary N) is 1. The number of amides is 1. The summed E-state index contributed by atoms with van der Waals surface area (Å²) in [5, 5.41) is 3.01. The minimum Gasteiger partial charge on any atom is -0.378 e. The largest absolute Gasteiger partial charge is 0.378 e. The van der Waals surface area contributed by atoms with E-state index in [1.54, 1.807) is 12.3 Å². The van der Waals surface area contributed by atoms with Crippen molar-refractivity contribution in [3.8, 4) is 0 Å². The Morgan fingerprint density at radius 2 is 1.68 bits per heavy atom. The van der Waals surface area contributed by atoms with E-state index < -0.39 is 0 Å². The topological polar surface area (TPSA) is 60.9 Å². The average Bonchev–Trinajstić information content (AvgIpc) is 2.75.